The molecule has 19 heteroatoms. The molecule has 0 heterocycles. The monoisotopic (exact) mass is 1720 g/mol. The second kappa shape index (κ2) is 42.4. The predicted molar refractivity (Wildman–Crippen MR) is 512 cm³/mol. The van der Waals surface area contributed by atoms with E-state index in [0.29, 0.717) is 38.7 Å². The molecule has 0 fully saturated rings. The largest absolute Gasteiger partial charge is 0.497 e. The Kier molecular flexibility index (Phi) is 30.0. The number of aryl methyl sites for hydroxylation is 3. The van der Waals surface area contributed by atoms with Crippen LogP contribution in [0.15, 0.2) is 249 Å². The summed E-state index contributed by atoms with van der Waals surface area (Å²) in [6, 6.07) is 90.7. The van der Waals surface area contributed by atoms with Gasteiger partial charge in [-0.2, -0.15) is 15.8 Å². The van der Waals surface area contributed by atoms with Crippen molar-refractivity contribution in [1.29, 1.82) is 15.8 Å². The molecule has 0 saturated carbocycles. The van der Waals surface area contributed by atoms with Crippen LogP contribution in [-0.4, -0.2) is 54.0 Å². The second-order valence-electron chi connectivity index (χ2n) is 30.9. The van der Waals surface area contributed by atoms with Gasteiger partial charge in [0, 0.05) is 86.3 Å². The zero-order valence-corrected chi connectivity index (χ0v) is 74.5. The molecular weight excluding hydrogens is 1620 g/mol. The van der Waals surface area contributed by atoms with Gasteiger partial charge in [0.15, 0.2) is 0 Å². The normalized spacial score (nSPS) is 12.8. The van der Waals surface area contributed by atoms with Crippen molar-refractivity contribution >= 4 is 125 Å². The molecule has 0 amide bonds. The molecule has 3 aliphatic carbocycles. The lowest BCUT2D eigenvalue weighted by atomic mass is 9.90. The van der Waals surface area contributed by atoms with Gasteiger partial charge in [-0.25, -0.2) is 4.85 Å². The number of carbonyl (C=O) groups is 1. The van der Waals surface area contributed by atoms with Crippen molar-refractivity contribution in [2.24, 2.45) is 0 Å². The summed E-state index contributed by atoms with van der Waals surface area (Å²) in [5.41, 5.74) is 23.7. The molecular formula is C108H101N7O10P2. The van der Waals surface area contributed by atoms with Crippen molar-refractivity contribution in [3.05, 3.63) is 349 Å². The lowest BCUT2D eigenvalue weighted by Gasteiger charge is -2.30. The Morgan fingerprint density at radius 2 is 0.764 bits per heavy atom. The van der Waals surface area contributed by atoms with Gasteiger partial charge in [0.25, 0.3) is 5.53 Å². The summed E-state index contributed by atoms with van der Waals surface area (Å²) >= 11 is 0. The molecule has 0 aliphatic heterocycles. The number of nitriles is 3. The summed E-state index contributed by atoms with van der Waals surface area (Å²) < 4.78 is 63.5. The summed E-state index contributed by atoms with van der Waals surface area (Å²) in [5.74, 6) is 2.49. The van der Waals surface area contributed by atoms with Crippen molar-refractivity contribution in [2.75, 3.05) is 62.5 Å². The van der Waals surface area contributed by atoms with Crippen LogP contribution >= 0.6 is 16.1 Å². The number of anilines is 9. The molecule has 0 N–H and O–H groups in total. The first-order valence-electron chi connectivity index (χ1n) is 43.3. The molecule has 13 aromatic carbocycles. The van der Waals surface area contributed by atoms with Gasteiger partial charge in [0.05, 0.1) is 64.0 Å². The van der Waals surface area contributed by atoms with Crippen LogP contribution in [-0.2, 0) is 77.9 Å². The quantitative estimate of drug-likeness (QED) is 0.0141. The fraction of sp³-hybridized carbons (Fsp3) is 0.231. The van der Waals surface area contributed by atoms with Crippen molar-refractivity contribution in [1.82, 2.24) is 0 Å². The summed E-state index contributed by atoms with van der Waals surface area (Å²) in [5, 5.41) is 32.8. The minimum Gasteiger partial charge on any atom is -0.497 e. The Bertz CT molecular complexity index is 6170. The van der Waals surface area contributed by atoms with E-state index in [-0.39, 0.29) is 43.7 Å². The maximum atomic E-state index is 13.0. The highest BCUT2D eigenvalue weighted by molar-refractivity contribution is 7.53. The van der Waals surface area contributed by atoms with Gasteiger partial charge in [-0.05, 0) is 316 Å². The van der Waals surface area contributed by atoms with Gasteiger partial charge in [0.1, 0.15) is 41.7 Å². The smallest absolute Gasteiger partial charge is 0.335 e. The SMILES string of the molecule is CCOC(OCC)(P=O)c1ccc2c(C#N)c(CP(=O)(OCC)OCC)ccc2c1C#N.COc1ccc(N(c2ccc(C=O)cc2)c2cccc3c2CCCC3)cc1.[C-]#[N+]c1c(C=Cc2ccc(N(c3ccc(OC)cc3)c3cccc4c3CCCC4)cc2)ccc2c(C#N)c(C=Cc3ccc(N(c4ccc(OC)cc4)c4cccc5c4CCCC5)cc3)ccc12. The lowest BCUT2D eigenvalue weighted by molar-refractivity contribution is -0.176. The minimum atomic E-state index is -3.44. The Morgan fingerprint density at radius 3 is 1.14 bits per heavy atom. The van der Waals surface area contributed by atoms with Gasteiger partial charge in [-0.3, -0.25) is 13.9 Å². The van der Waals surface area contributed by atoms with Crippen molar-refractivity contribution < 1.29 is 46.7 Å². The van der Waals surface area contributed by atoms with Crippen molar-refractivity contribution in [3.63, 3.8) is 0 Å². The molecule has 13 aromatic rings. The van der Waals surface area contributed by atoms with E-state index in [0.717, 1.165) is 129 Å². The molecule has 0 aromatic heterocycles. The summed E-state index contributed by atoms with van der Waals surface area (Å²) in [7, 11) is 1.18. The van der Waals surface area contributed by atoms with Crippen LogP contribution in [0.4, 0.5) is 56.9 Å². The molecule has 0 unspecified atom stereocenters. The van der Waals surface area contributed by atoms with Gasteiger partial charge >= 0.3 is 7.60 Å². The maximum Gasteiger partial charge on any atom is 0.335 e. The molecule has 638 valence electrons. The Hall–Kier alpha value is -13.5. The number of hydrogen-bond acceptors (Lipinski definition) is 16. The average molecular weight is 1720 g/mol. The molecule has 0 radical (unpaired) electrons. The molecule has 127 heavy (non-hydrogen) atoms. The molecule has 3 aliphatic rings. The summed E-state index contributed by atoms with van der Waals surface area (Å²) in [6.45, 7) is 16.0. The number of ether oxygens (including phenoxy) is 5. The summed E-state index contributed by atoms with van der Waals surface area (Å²) in [6.07, 6.45) is 22.8. The highest BCUT2D eigenvalue weighted by atomic mass is 31.2. The van der Waals surface area contributed by atoms with Gasteiger partial charge < -0.3 is 47.4 Å². The third kappa shape index (κ3) is 20.1. The first-order chi connectivity index (χ1) is 62.2. The fourth-order valence-corrected chi connectivity index (χ4v) is 19.8. The first kappa shape index (κ1) is 89.7. The molecule has 16 rings (SSSR count). The number of nitrogens with zero attached hydrogens (tertiary/aromatic N) is 7. The standard InChI is InChI=1S/C62H52N4O2.C24H23NO2.C22H26N2O6P2/c1-64-62-48(25-19-44-22-30-50(31-23-44)66(52-34-38-54(68-3)39-35-52)61-17-9-13-46-11-5-7-15-56(46)61)27-40-57-58(62)41-26-47(59(57)42-63)24-18-43-20-28-49(29-21-43)65(51-32-36-53(67-2)37-33-51)60-16-8-12-45-10-4-6-14-55(45)60;1-27-22-15-13-21(14-16-22)25(20-11-9-18(17-26)10-12-20)24-8-4-6-19-5-2-3-7-23(19)24;1-5-27-22(31-25,28-6-2)21-12-11-17-18(20(21)14-24)10-9-16(19(17)13-23)15-32(26,29-7-3)30-8-4/h8-9,12-13,16-41H,4-7,10-11,14-15H2,2-3H3;4,6,8-17H,2-3,5,7H2,1H3;9-12H,5-8,15H2,1-4H3. The maximum absolute atomic E-state index is 13.0. The van der Waals surface area contributed by atoms with E-state index in [9.17, 15) is 29.7 Å². The predicted octanol–water partition coefficient (Wildman–Crippen LogP) is 28.0. The molecule has 0 bridgehead atoms. The number of benzene rings is 13. The Morgan fingerprint density at radius 1 is 0.409 bits per heavy atom. The van der Waals surface area contributed by atoms with Crippen LogP contribution in [0.5, 0.6) is 17.2 Å². The fourth-order valence-electron chi connectivity index (χ4n) is 17.4. The number of hydrogen-bond donors (Lipinski definition) is 0. The number of fused-ring (bicyclic) bond motifs is 5. The zero-order valence-electron chi connectivity index (χ0n) is 72.7. The van der Waals surface area contributed by atoms with Gasteiger partial charge in [0.2, 0.25) is 14.1 Å². The van der Waals surface area contributed by atoms with Crippen LogP contribution < -0.4 is 28.9 Å². The van der Waals surface area contributed by atoms with E-state index in [1.54, 1.807) is 73.3 Å². The lowest BCUT2D eigenvalue weighted by Crippen LogP contribution is -2.28. The first-order valence-corrected chi connectivity index (χ1v) is 45.8. The van der Waals surface area contributed by atoms with Crippen LogP contribution in [0, 0.1) is 40.6 Å². The van der Waals surface area contributed by atoms with Gasteiger partial charge in [-0.1, -0.05) is 133 Å². The van der Waals surface area contributed by atoms with E-state index in [1.807, 2.05) is 97.1 Å². The van der Waals surface area contributed by atoms with Crippen LogP contribution in [0.25, 0.3) is 50.7 Å². The van der Waals surface area contributed by atoms with Crippen LogP contribution in [0.2, 0.25) is 0 Å². The van der Waals surface area contributed by atoms with Crippen LogP contribution in [0.1, 0.15) is 160 Å². The minimum absolute atomic E-state index is 0.0713. The van der Waals surface area contributed by atoms with E-state index in [2.05, 4.69) is 189 Å². The number of carbonyl (C=O) groups excluding carboxylic acids is 1. The molecule has 0 saturated heterocycles. The third-order valence-electron chi connectivity index (χ3n) is 23.5. The van der Waals surface area contributed by atoms with Crippen molar-refractivity contribution in [3.8, 4) is 35.5 Å². The number of aldehydes is 1. The average Bonchev–Trinajstić information content (AvgIpc) is 0.730. The highest BCUT2D eigenvalue weighted by Crippen LogP contribution is 2.53. The molecule has 0 spiro atoms. The van der Waals surface area contributed by atoms with E-state index >= 15 is 0 Å². The van der Waals surface area contributed by atoms with Crippen molar-refractivity contribution in [2.45, 2.75) is 116 Å². The van der Waals surface area contributed by atoms with E-state index in [1.165, 1.54) is 89.0 Å². The van der Waals surface area contributed by atoms with Crippen LogP contribution in [0.3, 0.4) is 0 Å². The Balaban J connectivity index is 0.000000182. The summed E-state index contributed by atoms with van der Waals surface area (Å²) in [4.78, 5) is 22.0. The highest BCUT2D eigenvalue weighted by Gasteiger charge is 2.39. The topological polar surface area (TPSA) is 201 Å². The number of rotatable bonds is 29. The molecule has 0 atom stereocenters. The molecule has 17 nitrogen and oxygen atoms in total. The van der Waals surface area contributed by atoms with E-state index in [4.69, 9.17) is 39.3 Å². The number of methoxy groups -OCH3 is 3. The second-order valence-corrected chi connectivity index (χ2v) is 33.8. The van der Waals surface area contributed by atoms with Gasteiger partial charge in [-0.15, -0.1) is 0 Å². The third-order valence-corrected chi connectivity index (χ3v) is 26.2. The zero-order chi connectivity index (χ0) is 88.8. The Labute approximate surface area is 746 Å². The van der Waals surface area contributed by atoms with E-state index < -0.39 is 21.6 Å².